The normalized spacial score (nSPS) is 14.5. The SMILES string of the molecule is CNC(=O)C(OC)C1c2ccccc2-c2ccccc21. The lowest BCUT2D eigenvalue weighted by Crippen LogP contribution is -2.37. The topological polar surface area (TPSA) is 38.3 Å². The van der Waals surface area contributed by atoms with Gasteiger partial charge < -0.3 is 10.1 Å². The number of ether oxygens (including phenoxy) is 1. The molecular formula is C17H17NO2. The molecular weight excluding hydrogens is 250 g/mol. The van der Waals surface area contributed by atoms with Crippen LogP contribution >= 0.6 is 0 Å². The monoisotopic (exact) mass is 267 g/mol. The molecule has 102 valence electrons. The zero-order valence-electron chi connectivity index (χ0n) is 11.6. The van der Waals surface area contributed by atoms with Crippen LogP contribution < -0.4 is 5.32 Å². The number of carbonyl (C=O) groups excluding carboxylic acids is 1. The fourth-order valence-corrected chi connectivity index (χ4v) is 3.06. The highest BCUT2D eigenvalue weighted by Gasteiger charge is 2.37. The zero-order valence-corrected chi connectivity index (χ0v) is 11.6. The third kappa shape index (κ3) is 1.82. The minimum atomic E-state index is -0.509. The van der Waals surface area contributed by atoms with Crippen molar-refractivity contribution in [1.29, 1.82) is 0 Å². The lowest BCUT2D eigenvalue weighted by Gasteiger charge is -2.22. The summed E-state index contributed by atoms with van der Waals surface area (Å²) in [6.45, 7) is 0. The molecule has 0 saturated carbocycles. The Hall–Kier alpha value is -2.13. The standard InChI is InChI=1S/C17H17NO2/c1-18-17(19)16(20-2)15-13-9-5-3-7-11(13)12-8-4-6-10-14(12)15/h3-10,15-16H,1-2H3,(H,18,19). The molecule has 1 unspecified atom stereocenters. The van der Waals surface area contributed by atoms with Crippen LogP contribution in [0.2, 0.25) is 0 Å². The van der Waals surface area contributed by atoms with Crippen LogP contribution in [0.15, 0.2) is 48.5 Å². The molecule has 1 N–H and O–H groups in total. The predicted octanol–water partition coefficient (Wildman–Crippen LogP) is 2.56. The molecule has 0 spiro atoms. The Labute approximate surface area is 118 Å². The van der Waals surface area contributed by atoms with Crippen molar-refractivity contribution >= 4 is 5.91 Å². The lowest BCUT2D eigenvalue weighted by molar-refractivity contribution is -0.131. The second-order valence-electron chi connectivity index (χ2n) is 4.92. The molecule has 2 aromatic carbocycles. The molecule has 3 nitrogen and oxygen atoms in total. The van der Waals surface area contributed by atoms with Gasteiger partial charge in [0.1, 0.15) is 6.10 Å². The number of nitrogens with one attached hydrogen (secondary N) is 1. The fourth-order valence-electron chi connectivity index (χ4n) is 3.06. The van der Waals surface area contributed by atoms with Crippen molar-refractivity contribution in [3.05, 3.63) is 59.7 Å². The largest absolute Gasteiger partial charge is 0.371 e. The van der Waals surface area contributed by atoms with Crippen molar-refractivity contribution in [2.75, 3.05) is 14.2 Å². The van der Waals surface area contributed by atoms with E-state index in [-0.39, 0.29) is 11.8 Å². The molecule has 3 heteroatoms. The first kappa shape index (κ1) is 12.9. The van der Waals surface area contributed by atoms with Gasteiger partial charge in [0.25, 0.3) is 0 Å². The molecule has 20 heavy (non-hydrogen) atoms. The van der Waals surface area contributed by atoms with E-state index in [1.807, 2.05) is 24.3 Å². The number of methoxy groups -OCH3 is 1. The average Bonchev–Trinajstić information content (AvgIpc) is 2.83. The van der Waals surface area contributed by atoms with Gasteiger partial charge in [-0.2, -0.15) is 0 Å². The van der Waals surface area contributed by atoms with E-state index in [0.29, 0.717) is 0 Å². The van der Waals surface area contributed by atoms with E-state index >= 15 is 0 Å². The van der Waals surface area contributed by atoms with E-state index in [4.69, 9.17) is 4.74 Å². The average molecular weight is 267 g/mol. The first-order chi connectivity index (χ1) is 9.77. The van der Waals surface area contributed by atoms with E-state index in [0.717, 1.165) is 11.1 Å². The maximum atomic E-state index is 12.1. The number of fused-ring (bicyclic) bond motifs is 3. The second kappa shape index (κ2) is 5.10. The summed E-state index contributed by atoms with van der Waals surface area (Å²) in [6, 6.07) is 16.4. The molecule has 0 heterocycles. The van der Waals surface area contributed by atoms with Gasteiger partial charge in [-0.1, -0.05) is 48.5 Å². The van der Waals surface area contributed by atoms with Crippen LogP contribution in [-0.4, -0.2) is 26.2 Å². The summed E-state index contributed by atoms with van der Waals surface area (Å²) in [7, 11) is 3.23. The predicted molar refractivity (Wildman–Crippen MR) is 78.6 cm³/mol. The zero-order chi connectivity index (χ0) is 14.1. The molecule has 1 atom stereocenters. The third-order valence-electron chi connectivity index (χ3n) is 3.94. The second-order valence-corrected chi connectivity index (χ2v) is 4.92. The van der Waals surface area contributed by atoms with Gasteiger partial charge in [-0.3, -0.25) is 4.79 Å². The summed E-state index contributed by atoms with van der Waals surface area (Å²) in [4.78, 5) is 12.1. The Morgan fingerprint density at radius 1 is 1.05 bits per heavy atom. The molecule has 1 aliphatic rings. The Balaban J connectivity index is 2.18. The van der Waals surface area contributed by atoms with Gasteiger partial charge >= 0.3 is 0 Å². The minimum Gasteiger partial charge on any atom is -0.371 e. The number of hydrogen-bond acceptors (Lipinski definition) is 2. The number of rotatable bonds is 3. The molecule has 0 saturated heterocycles. The number of hydrogen-bond donors (Lipinski definition) is 1. The van der Waals surface area contributed by atoms with Crippen molar-refractivity contribution in [1.82, 2.24) is 5.32 Å². The molecule has 1 aliphatic carbocycles. The van der Waals surface area contributed by atoms with Gasteiger partial charge in [0.2, 0.25) is 5.91 Å². The summed E-state index contributed by atoms with van der Waals surface area (Å²) >= 11 is 0. The number of likely N-dealkylation sites (N-methyl/N-ethyl adjacent to an activating group) is 1. The number of benzene rings is 2. The summed E-state index contributed by atoms with van der Waals surface area (Å²) in [5.41, 5.74) is 4.70. The smallest absolute Gasteiger partial charge is 0.249 e. The van der Waals surface area contributed by atoms with Gasteiger partial charge in [0.15, 0.2) is 0 Å². The molecule has 2 aromatic rings. The van der Waals surface area contributed by atoms with Crippen molar-refractivity contribution < 1.29 is 9.53 Å². The maximum Gasteiger partial charge on any atom is 0.249 e. The summed E-state index contributed by atoms with van der Waals surface area (Å²) in [6.07, 6.45) is -0.509. The molecule has 0 aliphatic heterocycles. The van der Waals surface area contributed by atoms with Gasteiger partial charge in [0.05, 0.1) is 0 Å². The van der Waals surface area contributed by atoms with Crippen molar-refractivity contribution in [3.8, 4) is 11.1 Å². The van der Waals surface area contributed by atoms with Crippen molar-refractivity contribution in [2.45, 2.75) is 12.0 Å². The summed E-state index contributed by atoms with van der Waals surface area (Å²) in [5, 5.41) is 2.69. The quantitative estimate of drug-likeness (QED) is 0.928. The first-order valence-corrected chi connectivity index (χ1v) is 6.70. The molecule has 0 bridgehead atoms. The molecule has 0 aromatic heterocycles. The highest BCUT2D eigenvalue weighted by molar-refractivity contribution is 5.87. The van der Waals surface area contributed by atoms with E-state index in [9.17, 15) is 4.79 Å². The highest BCUT2D eigenvalue weighted by atomic mass is 16.5. The number of carbonyl (C=O) groups is 1. The Morgan fingerprint density at radius 2 is 1.55 bits per heavy atom. The maximum absolute atomic E-state index is 12.1. The van der Waals surface area contributed by atoms with Crippen molar-refractivity contribution in [2.24, 2.45) is 0 Å². The van der Waals surface area contributed by atoms with Crippen LogP contribution in [0, 0.1) is 0 Å². The molecule has 1 amide bonds. The van der Waals surface area contributed by atoms with Gasteiger partial charge in [0, 0.05) is 20.1 Å². The van der Waals surface area contributed by atoms with Crippen molar-refractivity contribution in [3.63, 3.8) is 0 Å². The van der Waals surface area contributed by atoms with E-state index < -0.39 is 6.10 Å². The summed E-state index contributed by atoms with van der Waals surface area (Å²) in [5.74, 6) is -0.142. The Morgan fingerprint density at radius 3 is 2.00 bits per heavy atom. The molecule has 0 fully saturated rings. The lowest BCUT2D eigenvalue weighted by atomic mass is 9.90. The van der Waals surface area contributed by atoms with Crippen LogP contribution in [0.4, 0.5) is 0 Å². The van der Waals surface area contributed by atoms with Crippen LogP contribution in [-0.2, 0) is 9.53 Å². The molecule has 0 radical (unpaired) electrons. The van der Waals surface area contributed by atoms with Crippen LogP contribution in [0.3, 0.4) is 0 Å². The van der Waals surface area contributed by atoms with Crippen LogP contribution in [0.25, 0.3) is 11.1 Å². The Kier molecular flexibility index (Phi) is 3.28. The highest BCUT2D eigenvalue weighted by Crippen LogP contribution is 2.46. The van der Waals surface area contributed by atoms with Gasteiger partial charge in [-0.05, 0) is 22.3 Å². The van der Waals surface area contributed by atoms with Gasteiger partial charge in [-0.15, -0.1) is 0 Å². The summed E-state index contributed by atoms with van der Waals surface area (Å²) < 4.78 is 5.49. The fraction of sp³-hybridized carbons (Fsp3) is 0.235. The third-order valence-corrected chi connectivity index (χ3v) is 3.94. The van der Waals surface area contributed by atoms with E-state index in [2.05, 4.69) is 29.6 Å². The molecule has 3 rings (SSSR count). The van der Waals surface area contributed by atoms with E-state index in [1.54, 1.807) is 14.2 Å². The van der Waals surface area contributed by atoms with Crippen LogP contribution in [0.5, 0.6) is 0 Å². The van der Waals surface area contributed by atoms with Gasteiger partial charge in [-0.25, -0.2) is 0 Å². The Bertz CT molecular complexity index is 605. The minimum absolute atomic E-state index is 0.0488. The van der Waals surface area contributed by atoms with E-state index in [1.165, 1.54) is 11.1 Å². The van der Waals surface area contributed by atoms with Crippen LogP contribution in [0.1, 0.15) is 17.0 Å². The first-order valence-electron chi connectivity index (χ1n) is 6.70. The number of amides is 1.